The van der Waals surface area contributed by atoms with Gasteiger partial charge in [0.15, 0.2) is 0 Å². The van der Waals surface area contributed by atoms with Crippen LogP contribution in [0.2, 0.25) is 0 Å². The fraction of sp³-hybridized carbons (Fsp3) is 0.381. The average Bonchev–Trinajstić information content (AvgIpc) is 3.06. The van der Waals surface area contributed by atoms with Crippen LogP contribution in [0.5, 0.6) is 5.75 Å². The van der Waals surface area contributed by atoms with Crippen molar-refractivity contribution in [1.29, 1.82) is 0 Å². The van der Waals surface area contributed by atoms with Crippen LogP contribution in [0.25, 0.3) is 22.3 Å². The highest BCUT2D eigenvalue weighted by molar-refractivity contribution is 5.99. The molecular weight excluding hydrogens is 394 g/mol. The van der Waals surface area contributed by atoms with Crippen LogP contribution < -0.4 is 10.1 Å². The Morgan fingerprint density at radius 3 is 2.57 bits per heavy atom. The fourth-order valence-corrected chi connectivity index (χ4v) is 2.96. The molecule has 2 N–H and O–H groups in total. The first-order valence-electron chi connectivity index (χ1n) is 9.59. The second-order valence-electron chi connectivity index (χ2n) is 7.39. The minimum atomic E-state index is -2.92. The molecule has 1 aromatic carbocycles. The summed E-state index contributed by atoms with van der Waals surface area (Å²) in [4.78, 5) is 17.0. The van der Waals surface area contributed by atoms with Crippen molar-refractivity contribution in [2.45, 2.75) is 52.5 Å². The second-order valence-corrected chi connectivity index (χ2v) is 7.39. The Bertz CT molecular complexity index is 1050. The number of alkyl halides is 2. The summed E-state index contributed by atoms with van der Waals surface area (Å²) in [6, 6.07) is 7.49. The van der Waals surface area contributed by atoms with Gasteiger partial charge in [-0.15, -0.1) is 0 Å². The van der Waals surface area contributed by atoms with Gasteiger partial charge in [0.2, 0.25) is 0 Å². The standard InChI is InChI=1S/C21H24F2N4O3/c1-11(2)27-17-9-15(20(29)25-12(3)13(4)28)10-24-19(17)18(26-27)14-6-5-7-16(8-14)30-21(22)23/h5-13,21,28H,1-4H3,(H,25,29)/t12-,13-/m0/s1. The highest BCUT2D eigenvalue weighted by Gasteiger charge is 2.20. The number of halogens is 2. The molecule has 0 saturated heterocycles. The second kappa shape index (κ2) is 8.74. The van der Waals surface area contributed by atoms with Gasteiger partial charge in [-0.25, -0.2) is 0 Å². The maximum absolute atomic E-state index is 12.6. The molecule has 2 aromatic heterocycles. The van der Waals surface area contributed by atoms with E-state index in [1.165, 1.54) is 18.3 Å². The number of fused-ring (bicyclic) bond motifs is 1. The Morgan fingerprint density at radius 2 is 1.93 bits per heavy atom. The molecule has 0 bridgehead atoms. The summed E-state index contributed by atoms with van der Waals surface area (Å²) in [6.07, 6.45) is 0.739. The summed E-state index contributed by atoms with van der Waals surface area (Å²) >= 11 is 0. The number of hydrogen-bond donors (Lipinski definition) is 2. The molecule has 0 spiro atoms. The van der Waals surface area contributed by atoms with Gasteiger partial charge in [-0.2, -0.15) is 13.9 Å². The summed E-state index contributed by atoms with van der Waals surface area (Å²) < 4.78 is 31.4. The summed E-state index contributed by atoms with van der Waals surface area (Å²) in [6.45, 7) is 4.26. The van der Waals surface area contributed by atoms with Crippen molar-refractivity contribution >= 4 is 16.9 Å². The third-order valence-electron chi connectivity index (χ3n) is 4.71. The third-order valence-corrected chi connectivity index (χ3v) is 4.71. The number of carbonyl (C=O) groups is 1. The molecular formula is C21H24F2N4O3. The largest absolute Gasteiger partial charge is 0.435 e. The molecule has 0 aliphatic carbocycles. The number of hydrogen-bond acceptors (Lipinski definition) is 5. The quantitative estimate of drug-likeness (QED) is 0.610. The summed E-state index contributed by atoms with van der Waals surface area (Å²) in [7, 11) is 0. The Labute approximate surface area is 172 Å². The van der Waals surface area contributed by atoms with Gasteiger partial charge in [0.05, 0.1) is 23.2 Å². The van der Waals surface area contributed by atoms with Gasteiger partial charge in [0, 0.05) is 17.8 Å². The average molecular weight is 418 g/mol. The zero-order chi connectivity index (χ0) is 22.0. The molecule has 3 rings (SSSR count). The Balaban J connectivity index is 2.05. The van der Waals surface area contributed by atoms with Crippen LogP contribution in [0.1, 0.15) is 44.1 Å². The Kier molecular flexibility index (Phi) is 6.31. The van der Waals surface area contributed by atoms with Gasteiger partial charge < -0.3 is 15.2 Å². The van der Waals surface area contributed by atoms with Gasteiger partial charge in [0.1, 0.15) is 17.0 Å². The van der Waals surface area contributed by atoms with Crippen molar-refractivity contribution in [3.05, 3.63) is 42.1 Å². The summed E-state index contributed by atoms with van der Waals surface area (Å²) in [5, 5.41) is 16.9. The number of aromatic nitrogens is 3. The Morgan fingerprint density at radius 1 is 1.20 bits per heavy atom. The summed E-state index contributed by atoms with van der Waals surface area (Å²) in [5.74, 6) is -0.332. The molecule has 1 amide bonds. The van der Waals surface area contributed by atoms with Gasteiger partial charge >= 0.3 is 6.61 Å². The molecule has 0 radical (unpaired) electrons. The number of aliphatic hydroxyl groups excluding tert-OH is 1. The van der Waals surface area contributed by atoms with Crippen molar-refractivity contribution in [3.8, 4) is 17.0 Å². The molecule has 9 heteroatoms. The van der Waals surface area contributed by atoms with Crippen LogP contribution >= 0.6 is 0 Å². The van der Waals surface area contributed by atoms with E-state index in [0.29, 0.717) is 27.9 Å². The maximum atomic E-state index is 12.6. The van der Waals surface area contributed by atoms with E-state index in [1.54, 1.807) is 36.7 Å². The lowest BCUT2D eigenvalue weighted by atomic mass is 10.1. The van der Waals surface area contributed by atoms with Crippen molar-refractivity contribution in [1.82, 2.24) is 20.1 Å². The fourth-order valence-electron chi connectivity index (χ4n) is 2.96. The van der Waals surface area contributed by atoms with Crippen molar-refractivity contribution in [2.24, 2.45) is 0 Å². The van der Waals surface area contributed by atoms with Crippen molar-refractivity contribution < 1.29 is 23.4 Å². The monoisotopic (exact) mass is 418 g/mol. The molecule has 2 heterocycles. The number of benzene rings is 1. The third kappa shape index (κ3) is 4.56. The number of ether oxygens (including phenoxy) is 1. The van der Waals surface area contributed by atoms with Gasteiger partial charge in [-0.05, 0) is 45.9 Å². The predicted octanol–water partition coefficient (Wildman–Crippen LogP) is 3.78. The first-order valence-corrected chi connectivity index (χ1v) is 9.59. The van der Waals surface area contributed by atoms with E-state index in [9.17, 15) is 18.7 Å². The minimum absolute atomic E-state index is 0.0258. The molecule has 0 saturated carbocycles. The van der Waals surface area contributed by atoms with Gasteiger partial charge in [0.25, 0.3) is 5.91 Å². The molecule has 160 valence electrons. The van der Waals surface area contributed by atoms with Crippen LogP contribution in [0.3, 0.4) is 0 Å². The molecule has 7 nitrogen and oxygen atoms in total. The first-order chi connectivity index (χ1) is 14.2. The van der Waals surface area contributed by atoms with E-state index in [2.05, 4.69) is 20.1 Å². The normalized spacial score (nSPS) is 13.6. The lowest BCUT2D eigenvalue weighted by Crippen LogP contribution is -2.39. The van der Waals surface area contributed by atoms with Crippen molar-refractivity contribution in [3.63, 3.8) is 0 Å². The van der Waals surface area contributed by atoms with Gasteiger partial charge in [-0.1, -0.05) is 12.1 Å². The number of carbonyl (C=O) groups excluding carboxylic acids is 1. The van der Waals surface area contributed by atoms with Crippen LogP contribution in [-0.4, -0.2) is 44.5 Å². The highest BCUT2D eigenvalue weighted by atomic mass is 19.3. The number of pyridine rings is 1. The summed E-state index contributed by atoms with van der Waals surface area (Å²) in [5.41, 5.74) is 2.58. The van der Waals surface area contributed by atoms with Crippen molar-refractivity contribution in [2.75, 3.05) is 0 Å². The SMILES string of the molecule is CC(C)n1nc(-c2cccc(OC(F)F)c2)c2ncc(C(=O)N[C@@H](C)[C@H](C)O)cc21. The lowest BCUT2D eigenvalue weighted by molar-refractivity contribution is -0.0498. The number of rotatable bonds is 7. The highest BCUT2D eigenvalue weighted by Crippen LogP contribution is 2.31. The zero-order valence-electron chi connectivity index (χ0n) is 17.1. The maximum Gasteiger partial charge on any atom is 0.387 e. The number of nitrogens with zero attached hydrogens (tertiary/aromatic N) is 3. The predicted molar refractivity (Wildman–Crippen MR) is 109 cm³/mol. The van der Waals surface area contributed by atoms with Crippen LogP contribution in [0.15, 0.2) is 36.5 Å². The number of nitrogens with one attached hydrogen (secondary N) is 1. The minimum Gasteiger partial charge on any atom is -0.435 e. The smallest absolute Gasteiger partial charge is 0.387 e. The van der Waals surface area contributed by atoms with E-state index < -0.39 is 18.8 Å². The van der Waals surface area contributed by atoms with E-state index >= 15 is 0 Å². The Hall–Kier alpha value is -3.07. The van der Waals surface area contributed by atoms with Gasteiger partial charge in [-0.3, -0.25) is 14.5 Å². The van der Waals surface area contributed by atoms with Crippen LogP contribution in [0.4, 0.5) is 8.78 Å². The molecule has 30 heavy (non-hydrogen) atoms. The van der Waals surface area contributed by atoms with E-state index in [-0.39, 0.29) is 17.7 Å². The number of amides is 1. The molecule has 2 atom stereocenters. The molecule has 0 aliphatic heterocycles. The lowest BCUT2D eigenvalue weighted by Gasteiger charge is -2.16. The molecule has 0 fully saturated rings. The number of aliphatic hydroxyl groups is 1. The van der Waals surface area contributed by atoms with Crippen LogP contribution in [0, 0.1) is 0 Å². The van der Waals surface area contributed by atoms with E-state index in [4.69, 9.17) is 0 Å². The molecule has 3 aromatic rings. The molecule has 0 aliphatic rings. The molecule has 0 unspecified atom stereocenters. The van der Waals surface area contributed by atoms with Crippen LogP contribution in [-0.2, 0) is 0 Å². The topological polar surface area (TPSA) is 89.3 Å². The first kappa shape index (κ1) is 21.6. The zero-order valence-corrected chi connectivity index (χ0v) is 17.1. The van der Waals surface area contributed by atoms with E-state index in [1.807, 2.05) is 13.8 Å². The van der Waals surface area contributed by atoms with E-state index in [0.717, 1.165) is 0 Å².